The summed E-state index contributed by atoms with van der Waals surface area (Å²) < 4.78 is 7.37. The molecule has 1 aromatic heterocycles. The zero-order valence-corrected chi connectivity index (χ0v) is 15.6. The van der Waals surface area contributed by atoms with Gasteiger partial charge >= 0.3 is 0 Å². The van der Waals surface area contributed by atoms with Gasteiger partial charge in [0, 0.05) is 20.7 Å². The summed E-state index contributed by atoms with van der Waals surface area (Å²) in [6.45, 7) is 3.05. The number of nitrogens with zero attached hydrogens (tertiary/aromatic N) is 3. The Kier molecular flexibility index (Phi) is 5.44. The molecule has 1 aliphatic heterocycles. The summed E-state index contributed by atoms with van der Waals surface area (Å²) in [6, 6.07) is 7.32. The summed E-state index contributed by atoms with van der Waals surface area (Å²) >= 11 is 1.32. The Balaban J connectivity index is 2.01. The fraction of sp³-hybridized carbons (Fsp3) is 0.500. The van der Waals surface area contributed by atoms with Crippen LogP contribution < -0.4 is 5.56 Å². The Hall–Kier alpha value is -1.86. The van der Waals surface area contributed by atoms with Gasteiger partial charge < -0.3 is 9.64 Å². The van der Waals surface area contributed by atoms with E-state index in [0.29, 0.717) is 22.6 Å². The van der Waals surface area contributed by atoms with Gasteiger partial charge in [0.25, 0.3) is 5.56 Å². The Morgan fingerprint density at radius 1 is 1.44 bits per heavy atom. The van der Waals surface area contributed by atoms with E-state index in [2.05, 4.69) is 4.98 Å². The molecule has 0 spiro atoms. The van der Waals surface area contributed by atoms with Gasteiger partial charge in [-0.15, -0.1) is 0 Å². The number of amides is 1. The molecule has 6 nitrogen and oxygen atoms in total. The molecule has 134 valence electrons. The van der Waals surface area contributed by atoms with Crippen LogP contribution in [0.4, 0.5) is 0 Å². The number of carbonyl (C=O) groups is 1. The van der Waals surface area contributed by atoms with Gasteiger partial charge in [0.05, 0.1) is 28.8 Å². The molecule has 0 saturated carbocycles. The maximum atomic E-state index is 13.0. The van der Waals surface area contributed by atoms with Crippen molar-refractivity contribution in [2.45, 2.75) is 42.8 Å². The van der Waals surface area contributed by atoms with Crippen molar-refractivity contribution in [1.82, 2.24) is 14.5 Å². The summed E-state index contributed by atoms with van der Waals surface area (Å²) in [7, 11) is 3.46. The van der Waals surface area contributed by atoms with Crippen LogP contribution in [0, 0.1) is 0 Å². The molecule has 7 heteroatoms. The SMILES string of the molecule is C[C@@H](Sc1nc2ccccc2c(=O)n1C[C@@H]1CCCO1)C(=O)N(C)C. The summed E-state index contributed by atoms with van der Waals surface area (Å²) in [6.07, 6.45) is 1.98. The lowest BCUT2D eigenvalue weighted by Crippen LogP contribution is -2.32. The number of aromatic nitrogens is 2. The van der Waals surface area contributed by atoms with Crippen molar-refractivity contribution >= 4 is 28.6 Å². The minimum absolute atomic E-state index is 0.00364. The van der Waals surface area contributed by atoms with Crippen LogP contribution in [-0.4, -0.2) is 52.4 Å². The first-order chi connectivity index (χ1) is 12.0. The van der Waals surface area contributed by atoms with Gasteiger partial charge in [0.15, 0.2) is 5.16 Å². The molecule has 1 fully saturated rings. The van der Waals surface area contributed by atoms with Gasteiger partial charge in [-0.25, -0.2) is 4.98 Å². The van der Waals surface area contributed by atoms with Crippen LogP contribution in [-0.2, 0) is 16.1 Å². The van der Waals surface area contributed by atoms with Gasteiger partial charge in [0.2, 0.25) is 5.91 Å². The van der Waals surface area contributed by atoms with Crippen LogP contribution >= 0.6 is 11.8 Å². The largest absolute Gasteiger partial charge is 0.376 e. The molecule has 1 aromatic carbocycles. The third-order valence-corrected chi connectivity index (χ3v) is 5.39. The van der Waals surface area contributed by atoms with Crippen molar-refractivity contribution in [2.75, 3.05) is 20.7 Å². The molecule has 0 radical (unpaired) electrons. The zero-order valence-electron chi connectivity index (χ0n) is 14.8. The maximum Gasteiger partial charge on any atom is 0.262 e. The average molecular weight is 361 g/mol. The van der Waals surface area contributed by atoms with Crippen molar-refractivity contribution in [3.05, 3.63) is 34.6 Å². The number of hydrogen-bond acceptors (Lipinski definition) is 5. The Bertz CT molecular complexity index is 828. The van der Waals surface area contributed by atoms with Gasteiger partial charge in [-0.3, -0.25) is 14.2 Å². The lowest BCUT2D eigenvalue weighted by atomic mass is 10.2. The summed E-state index contributed by atoms with van der Waals surface area (Å²) in [5, 5.41) is 0.845. The fourth-order valence-corrected chi connectivity index (χ4v) is 4.03. The van der Waals surface area contributed by atoms with Gasteiger partial charge in [-0.1, -0.05) is 23.9 Å². The molecule has 2 aromatic rings. The molecular formula is C18H23N3O3S. The van der Waals surface area contributed by atoms with E-state index >= 15 is 0 Å². The number of benzene rings is 1. The van der Waals surface area contributed by atoms with Crippen LogP contribution in [0.15, 0.2) is 34.2 Å². The van der Waals surface area contributed by atoms with E-state index in [0.717, 1.165) is 19.4 Å². The Morgan fingerprint density at radius 2 is 2.20 bits per heavy atom. The number of carbonyl (C=O) groups excluding carboxylic acids is 1. The highest BCUT2D eigenvalue weighted by atomic mass is 32.2. The number of ether oxygens (including phenoxy) is 1. The third kappa shape index (κ3) is 3.88. The van der Waals surface area contributed by atoms with Gasteiger partial charge in [-0.05, 0) is 31.9 Å². The minimum Gasteiger partial charge on any atom is -0.376 e. The molecule has 0 bridgehead atoms. The number of para-hydroxylation sites is 1. The lowest BCUT2D eigenvalue weighted by Gasteiger charge is -2.20. The molecule has 0 aliphatic carbocycles. The molecule has 0 N–H and O–H groups in total. The summed E-state index contributed by atoms with van der Waals surface area (Å²) in [5.74, 6) is -0.00364. The second kappa shape index (κ2) is 7.58. The molecule has 25 heavy (non-hydrogen) atoms. The Labute approximate surface area is 151 Å². The molecule has 1 aliphatic rings. The normalized spacial score (nSPS) is 18.4. The van der Waals surface area contributed by atoms with E-state index in [-0.39, 0.29) is 22.8 Å². The first-order valence-corrected chi connectivity index (χ1v) is 9.34. The van der Waals surface area contributed by atoms with Gasteiger partial charge in [-0.2, -0.15) is 0 Å². The highest BCUT2D eigenvalue weighted by molar-refractivity contribution is 8.00. The average Bonchev–Trinajstić information content (AvgIpc) is 3.10. The van der Waals surface area contributed by atoms with E-state index in [1.165, 1.54) is 11.8 Å². The molecule has 0 unspecified atom stereocenters. The third-order valence-electron chi connectivity index (χ3n) is 4.31. The standard InChI is InChI=1S/C18H23N3O3S/c1-12(16(22)20(2)3)25-18-19-15-9-5-4-8-14(15)17(23)21(18)11-13-7-6-10-24-13/h4-5,8-9,12-13H,6-7,10-11H2,1-3H3/t12-,13+/m1/s1. The molecule has 2 atom stereocenters. The van der Waals surface area contributed by atoms with Crippen LogP contribution in [0.3, 0.4) is 0 Å². The van der Waals surface area contributed by atoms with Gasteiger partial charge in [0.1, 0.15) is 0 Å². The predicted molar refractivity (Wildman–Crippen MR) is 99.0 cm³/mol. The fourth-order valence-electron chi connectivity index (χ4n) is 2.96. The quantitative estimate of drug-likeness (QED) is 0.603. The van der Waals surface area contributed by atoms with Crippen molar-refractivity contribution in [3.63, 3.8) is 0 Å². The zero-order chi connectivity index (χ0) is 18.0. The highest BCUT2D eigenvalue weighted by Crippen LogP contribution is 2.25. The van der Waals surface area contributed by atoms with Crippen LogP contribution in [0.5, 0.6) is 0 Å². The van der Waals surface area contributed by atoms with Crippen molar-refractivity contribution in [3.8, 4) is 0 Å². The summed E-state index contributed by atoms with van der Waals surface area (Å²) in [4.78, 5) is 31.4. The number of hydrogen-bond donors (Lipinski definition) is 0. The van der Waals surface area contributed by atoms with Crippen LogP contribution in [0.1, 0.15) is 19.8 Å². The predicted octanol–water partition coefficient (Wildman–Crippen LogP) is 2.14. The van der Waals surface area contributed by atoms with E-state index in [1.807, 2.05) is 25.1 Å². The molecule has 3 rings (SSSR count). The Morgan fingerprint density at radius 3 is 2.88 bits per heavy atom. The first kappa shape index (κ1) is 17.9. The smallest absolute Gasteiger partial charge is 0.262 e. The second-order valence-corrected chi connectivity index (χ2v) is 7.76. The van der Waals surface area contributed by atoms with E-state index in [1.54, 1.807) is 29.6 Å². The van der Waals surface area contributed by atoms with Crippen molar-refractivity contribution < 1.29 is 9.53 Å². The number of fused-ring (bicyclic) bond motifs is 1. The van der Waals surface area contributed by atoms with Crippen LogP contribution in [0.2, 0.25) is 0 Å². The maximum absolute atomic E-state index is 13.0. The summed E-state index contributed by atoms with van der Waals surface area (Å²) in [5.41, 5.74) is 0.580. The first-order valence-electron chi connectivity index (χ1n) is 8.46. The minimum atomic E-state index is -0.321. The van der Waals surface area contributed by atoms with Crippen LogP contribution in [0.25, 0.3) is 10.9 Å². The second-order valence-electron chi connectivity index (χ2n) is 6.46. The van der Waals surface area contributed by atoms with Crippen molar-refractivity contribution in [2.24, 2.45) is 0 Å². The molecular weight excluding hydrogens is 338 g/mol. The number of thioether (sulfide) groups is 1. The number of rotatable bonds is 5. The highest BCUT2D eigenvalue weighted by Gasteiger charge is 2.23. The van der Waals surface area contributed by atoms with Crippen molar-refractivity contribution in [1.29, 1.82) is 0 Å². The molecule has 1 amide bonds. The van der Waals surface area contributed by atoms with E-state index in [9.17, 15) is 9.59 Å². The lowest BCUT2D eigenvalue weighted by molar-refractivity contribution is -0.127. The molecule has 2 heterocycles. The monoisotopic (exact) mass is 361 g/mol. The molecule has 1 saturated heterocycles. The van der Waals surface area contributed by atoms with E-state index < -0.39 is 0 Å². The van der Waals surface area contributed by atoms with E-state index in [4.69, 9.17) is 4.74 Å². The topological polar surface area (TPSA) is 64.4 Å².